The summed E-state index contributed by atoms with van der Waals surface area (Å²) in [6, 6.07) is 28.1. The van der Waals surface area contributed by atoms with Crippen LogP contribution in [-0.2, 0) is 16.0 Å². The van der Waals surface area contributed by atoms with Crippen molar-refractivity contribution < 1.29 is 24.1 Å². The highest BCUT2D eigenvalue weighted by Crippen LogP contribution is 2.49. The van der Waals surface area contributed by atoms with Crippen LogP contribution in [0.3, 0.4) is 0 Å². The van der Waals surface area contributed by atoms with Gasteiger partial charge in [-0.05, 0) is 97.8 Å². The summed E-state index contributed by atoms with van der Waals surface area (Å²) >= 11 is 12.7. The molecule has 4 atom stereocenters. The predicted molar refractivity (Wildman–Crippen MR) is 185 cm³/mol. The lowest BCUT2D eigenvalue weighted by Crippen LogP contribution is -2.37. The van der Waals surface area contributed by atoms with Gasteiger partial charge in [0.2, 0.25) is 0 Å². The number of hydrogen-bond acceptors (Lipinski definition) is 4. The number of carbonyl (C=O) groups is 1. The van der Waals surface area contributed by atoms with Crippen molar-refractivity contribution in [1.29, 1.82) is 0 Å². The standard InChI is InChI=1S/C39H40Cl2O5/c1-24(2)32-22-33(29-11-13-30(40)14-12-29)36(16-17-44-31-18-25(3)38(41)26(4)19-31)46-39(32)34-21-28(20-27-8-6-5-7-9-27)10-15-35(34)45-23-37(42)43/h5-15,18-19,21,32-33,36,39H,1,16-17,20,22-23H2,2-4H3,(H,42,43)/t32-,33-,36+,39+/m0/s1. The van der Waals surface area contributed by atoms with Gasteiger partial charge in [0.25, 0.3) is 0 Å². The van der Waals surface area contributed by atoms with E-state index in [0.717, 1.165) is 57.0 Å². The fraction of sp³-hybridized carbons (Fsp3) is 0.308. The second-order valence-corrected chi connectivity index (χ2v) is 13.0. The molecule has 4 aromatic rings. The highest BCUT2D eigenvalue weighted by atomic mass is 35.5. The molecule has 46 heavy (non-hydrogen) atoms. The number of rotatable bonds is 12. The minimum Gasteiger partial charge on any atom is -0.493 e. The Morgan fingerprint density at radius 2 is 1.63 bits per heavy atom. The van der Waals surface area contributed by atoms with Gasteiger partial charge in [-0.1, -0.05) is 83.9 Å². The van der Waals surface area contributed by atoms with E-state index in [1.807, 2.05) is 75.4 Å². The van der Waals surface area contributed by atoms with Crippen LogP contribution in [0.4, 0.5) is 0 Å². The number of carboxylic acids is 1. The third-order valence-electron chi connectivity index (χ3n) is 8.64. The van der Waals surface area contributed by atoms with Gasteiger partial charge in [-0.3, -0.25) is 0 Å². The van der Waals surface area contributed by atoms with Crippen LogP contribution in [0.25, 0.3) is 0 Å². The van der Waals surface area contributed by atoms with Crippen LogP contribution in [0.15, 0.2) is 97.1 Å². The summed E-state index contributed by atoms with van der Waals surface area (Å²) in [7, 11) is 0. The highest BCUT2D eigenvalue weighted by molar-refractivity contribution is 6.32. The number of aliphatic carboxylic acids is 1. The van der Waals surface area contributed by atoms with Crippen LogP contribution in [0.5, 0.6) is 11.5 Å². The fourth-order valence-corrected chi connectivity index (χ4v) is 6.56. The first-order valence-corrected chi connectivity index (χ1v) is 16.3. The van der Waals surface area contributed by atoms with E-state index in [1.54, 1.807) is 0 Å². The van der Waals surface area contributed by atoms with Crippen molar-refractivity contribution in [1.82, 2.24) is 0 Å². The van der Waals surface area contributed by atoms with Crippen LogP contribution < -0.4 is 9.47 Å². The van der Waals surface area contributed by atoms with Crippen molar-refractivity contribution in [3.05, 3.63) is 141 Å². The molecular weight excluding hydrogens is 619 g/mol. The molecule has 1 N–H and O–H groups in total. The van der Waals surface area contributed by atoms with E-state index in [2.05, 4.69) is 36.9 Å². The third kappa shape index (κ3) is 8.33. The average Bonchev–Trinajstić information content (AvgIpc) is 3.03. The number of hydrogen-bond donors (Lipinski definition) is 1. The molecule has 5 nitrogen and oxygen atoms in total. The summed E-state index contributed by atoms with van der Waals surface area (Å²) in [4.78, 5) is 11.5. The Bertz CT molecular complexity index is 1650. The van der Waals surface area contributed by atoms with Gasteiger partial charge in [0.1, 0.15) is 11.5 Å². The van der Waals surface area contributed by atoms with Crippen molar-refractivity contribution in [2.45, 2.75) is 58.2 Å². The summed E-state index contributed by atoms with van der Waals surface area (Å²) in [6.45, 7) is 10.3. The van der Waals surface area contributed by atoms with Gasteiger partial charge in [-0.25, -0.2) is 4.79 Å². The zero-order valence-electron chi connectivity index (χ0n) is 26.5. The van der Waals surface area contributed by atoms with Crippen molar-refractivity contribution in [3.8, 4) is 11.5 Å². The Morgan fingerprint density at radius 1 is 0.935 bits per heavy atom. The summed E-state index contributed by atoms with van der Waals surface area (Å²) in [6.07, 6.45) is 1.53. The highest BCUT2D eigenvalue weighted by Gasteiger charge is 2.41. The Hall–Kier alpha value is -3.77. The molecule has 1 heterocycles. The Balaban J connectivity index is 1.49. The van der Waals surface area contributed by atoms with E-state index in [1.165, 1.54) is 5.56 Å². The third-order valence-corrected chi connectivity index (χ3v) is 9.49. The van der Waals surface area contributed by atoms with E-state index < -0.39 is 18.7 Å². The molecule has 5 rings (SSSR count). The summed E-state index contributed by atoms with van der Waals surface area (Å²) in [5.74, 6) is 0.253. The van der Waals surface area contributed by atoms with Crippen molar-refractivity contribution in [2.24, 2.45) is 5.92 Å². The number of aryl methyl sites for hydroxylation is 2. The van der Waals surface area contributed by atoms with Crippen LogP contribution in [0, 0.1) is 19.8 Å². The number of halogens is 2. The lowest BCUT2D eigenvalue weighted by atomic mass is 9.74. The van der Waals surface area contributed by atoms with Crippen molar-refractivity contribution >= 4 is 29.2 Å². The molecule has 0 spiro atoms. The van der Waals surface area contributed by atoms with Gasteiger partial charge in [-0.15, -0.1) is 0 Å². The van der Waals surface area contributed by atoms with Crippen molar-refractivity contribution in [2.75, 3.05) is 13.2 Å². The fourth-order valence-electron chi connectivity index (χ4n) is 6.32. The molecule has 7 heteroatoms. The topological polar surface area (TPSA) is 65.0 Å². The van der Waals surface area contributed by atoms with Gasteiger partial charge in [0, 0.05) is 33.9 Å². The molecule has 1 aliphatic heterocycles. The molecule has 0 saturated carbocycles. The lowest BCUT2D eigenvalue weighted by Gasteiger charge is -2.43. The van der Waals surface area contributed by atoms with Crippen LogP contribution in [0.2, 0.25) is 10.0 Å². The largest absolute Gasteiger partial charge is 0.493 e. The van der Waals surface area contributed by atoms with Crippen LogP contribution in [-0.4, -0.2) is 30.4 Å². The minimum absolute atomic E-state index is 0.0430. The van der Waals surface area contributed by atoms with Gasteiger partial charge < -0.3 is 19.3 Å². The maximum atomic E-state index is 11.5. The maximum absolute atomic E-state index is 11.5. The molecule has 1 fully saturated rings. The zero-order chi connectivity index (χ0) is 32.8. The molecule has 0 radical (unpaired) electrons. The molecule has 4 aromatic carbocycles. The van der Waals surface area contributed by atoms with Crippen LogP contribution >= 0.6 is 23.2 Å². The van der Waals surface area contributed by atoms with Gasteiger partial charge >= 0.3 is 5.97 Å². The number of carboxylic acid groups (broad SMARTS) is 1. The predicted octanol–water partition coefficient (Wildman–Crippen LogP) is 9.94. The van der Waals surface area contributed by atoms with Crippen molar-refractivity contribution in [3.63, 3.8) is 0 Å². The van der Waals surface area contributed by atoms with E-state index in [0.29, 0.717) is 23.8 Å². The SMILES string of the molecule is C=C(C)[C@@H]1C[C@@H](c2ccc(Cl)cc2)[C@@H](CCOc2cc(C)c(Cl)c(C)c2)O[C@H]1c1cc(Cc2ccccc2)ccc1OCC(=O)O. The smallest absolute Gasteiger partial charge is 0.341 e. The van der Waals surface area contributed by atoms with Gasteiger partial charge in [0.15, 0.2) is 6.61 Å². The molecule has 0 bridgehead atoms. The molecule has 1 aliphatic rings. The van der Waals surface area contributed by atoms with E-state index in [4.69, 9.17) is 37.4 Å². The molecule has 0 unspecified atom stereocenters. The number of benzene rings is 4. The summed E-state index contributed by atoms with van der Waals surface area (Å²) in [5, 5.41) is 10.9. The zero-order valence-corrected chi connectivity index (χ0v) is 28.0. The molecule has 1 saturated heterocycles. The quantitative estimate of drug-likeness (QED) is 0.153. The maximum Gasteiger partial charge on any atom is 0.341 e. The second-order valence-electron chi connectivity index (χ2n) is 12.2. The first-order chi connectivity index (χ1) is 22.1. The minimum atomic E-state index is -1.04. The summed E-state index contributed by atoms with van der Waals surface area (Å²) in [5.41, 5.74) is 7.16. The Morgan fingerprint density at radius 3 is 2.28 bits per heavy atom. The van der Waals surface area contributed by atoms with E-state index in [9.17, 15) is 9.90 Å². The monoisotopic (exact) mass is 658 g/mol. The lowest BCUT2D eigenvalue weighted by molar-refractivity contribution is -0.139. The second kappa shape index (κ2) is 15.2. The molecule has 0 amide bonds. The first-order valence-electron chi connectivity index (χ1n) is 15.6. The molecule has 240 valence electrons. The summed E-state index contributed by atoms with van der Waals surface area (Å²) < 4.78 is 19.2. The molecule has 0 aromatic heterocycles. The van der Waals surface area contributed by atoms with Gasteiger partial charge in [0.05, 0.1) is 18.8 Å². The van der Waals surface area contributed by atoms with Gasteiger partial charge in [-0.2, -0.15) is 0 Å². The Labute approximate surface area is 281 Å². The first kappa shape index (κ1) is 33.6. The van der Waals surface area contributed by atoms with Crippen LogP contribution in [0.1, 0.15) is 65.2 Å². The van der Waals surface area contributed by atoms with E-state index >= 15 is 0 Å². The normalized spacial score (nSPS) is 19.4. The molecule has 0 aliphatic carbocycles. The number of ether oxygens (including phenoxy) is 3. The average molecular weight is 660 g/mol. The Kier molecular flexibility index (Phi) is 11.1. The van der Waals surface area contributed by atoms with E-state index in [-0.39, 0.29) is 17.9 Å². The molecular formula is C39H40Cl2O5.